The van der Waals surface area contributed by atoms with Gasteiger partial charge in [-0.05, 0) is 18.8 Å². The molecular weight excluding hydrogens is 120 g/mol. The minimum atomic E-state index is 0. The van der Waals surface area contributed by atoms with E-state index < -0.39 is 0 Å². The summed E-state index contributed by atoms with van der Waals surface area (Å²) in [7, 11) is 0. The van der Waals surface area contributed by atoms with E-state index >= 15 is 0 Å². The van der Waals surface area contributed by atoms with Crippen LogP contribution in [0.1, 0.15) is 47.0 Å². The molecule has 0 aromatic rings. The number of rotatable bonds is 5. The largest absolute Gasteiger partial charge is 0.103 e. The second kappa shape index (κ2) is 8.74. The molecular formula is C10H22. The van der Waals surface area contributed by atoms with Gasteiger partial charge in [-0.1, -0.05) is 40.2 Å². The third-order valence-electron chi connectivity index (χ3n) is 1.65. The van der Waals surface area contributed by atoms with Crippen molar-refractivity contribution in [3.8, 4) is 0 Å². The van der Waals surface area contributed by atoms with Crippen molar-refractivity contribution in [2.24, 2.45) is 5.92 Å². The highest BCUT2D eigenvalue weighted by molar-refractivity contribution is 4.77. The molecule has 0 aliphatic heterocycles. The molecule has 0 heteroatoms. The molecule has 0 radical (unpaired) electrons. The molecule has 0 rings (SSSR count). The molecule has 0 heterocycles. The standard InChI is InChI=1S/C9H18.CH4/c1-4-7-9(6-3)8-5-2;/h6,9H,3-5,7-8H2,1-2H3;1H4. The molecule has 0 unspecified atom stereocenters. The van der Waals surface area contributed by atoms with Crippen LogP contribution in [0.5, 0.6) is 0 Å². The quantitative estimate of drug-likeness (QED) is 0.508. The molecule has 0 saturated carbocycles. The van der Waals surface area contributed by atoms with E-state index in [-0.39, 0.29) is 7.43 Å². The van der Waals surface area contributed by atoms with Gasteiger partial charge < -0.3 is 0 Å². The predicted octanol–water partition coefficient (Wildman–Crippen LogP) is 4.02. The Hall–Kier alpha value is -0.260. The lowest BCUT2D eigenvalue weighted by Crippen LogP contribution is -1.93. The van der Waals surface area contributed by atoms with Crippen LogP contribution in [-0.2, 0) is 0 Å². The molecule has 0 fully saturated rings. The highest BCUT2D eigenvalue weighted by atomic mass is 14.0. The third-order valence-corrected chi connectivity index (χ3v) is 1.65. The molecule has 0 N–H and O–H groups in total. The first-order valence-corrected chi connectivity index (χ1v) is 3.97. The zero-order chi connectivity index (χ0) is 7.11. The van der Waals surface area contributed by atoms with E-state index in [1.54, 1.807) is 0 Å². The number of hydrogen-bond acceptors (Lipinski definition) is 0. The fraction of sp³-hybridized carbons (Fsp3) is 0.800. The van der Waals surface area contributed by atoms with Crippen LogP contribution in [0.25, 0.3) is 0 Å². The normalized spacial score (nSPS) is 9.10. The smallest absolute Gasteiger partial charge is 0.0236 e. The molecule has 0 aromatic heterocycles. The average molecular weight is 142 g/mol. The monoisotopic (exact) mass is 142 g/mol. The van der Waals surface area contributed by atoms with Gasteiger partial charge in [0.15, 0.2) is 0 Å². The predicted molar refractivity (Wildman–Crippen MR) is 50.2 cm³/mol. The van der Waals surface area contributed by atoms with Gasteiger partial charge in [0.2, 0.25) is 0 Å². The summed E-state index contributed by atoms with van der Waals surface area (Å²) in [5, 5.41) is 0. The van der Waals surface area contributed by atoms with Crippen molar-refractivity contribution < 1.29 is 0 Å². The van der Waals surface area contributed by atoms with Crippen LogP contribution in [0, 0.1) is 5.92 Å². The Labute approximate surface area is 66.3 Å². The second-order valence-electron chi connectivity index (χ2n) is 2.57. The molecule has 0 aromatic carbocycles. The summed E-state index contributed by atoms with van der Waals surface area (Å²) in [5.74, 6) is 0.778. The maximum Gasteiger partial charge on any atom is -0.0236 e. The zero-order valence-electron chi connectivity index (χ0n) is 6.69. The third kappa shape index (κ3) is 5.87. The van der Waals surface area contributed by atoms with E-state index in [2.05, 4.69) is 26.5 Å². The van der Waals surface area contributed by atoms with E-state index in [1.165, 1.54) is 25.7 Å². The Bertz CT molecular complexity index is 58.4. The van der Waals surface area contributed by atoms with Crippen molar-refractivity contribution in [3.63, 3.8) is 0 Å². The molecule has 0 nitrogen and oxygen atoms in total. The molecule has 0 atom stereocenters. The van der Waals surface area contributed by atoms with Crippen molar-refractivity contribution in [1.29, 1.82) is 0 Å². The van der Waals surface area contributed by atoms with Gasteiger partial charge >= 0.3 is 0 Å². The Morgan fingerprint density at radius 3 is 1.80 bits per heavy atom. The van der Waals surface area contributed by atoms with Gasteiger partial charge in [-0.3, -0.25) is 0 Å². The van der Waals surface area contributed by atoms with Crippen LogP contribution in [0.2, 0.25) is 0 Å². The van der Waals surface area contributed by atoms with Gasteiger partial charge in [-0.15, -0.1) is 6.58 Å². The summed E-state index contributed by atoms with van der Waals surface area (Å²) in [6.07, 6.45) is 7.30. The first kappa shape index (κ1) is 12.4. The minimum absolute atomic E-state index is 0. The molecule has 0 spiro atoms. The summed E-state index contributed by atoms with van der Waals surface area (Å²) >= 11 is 0. The van der Waals surface area contributed by atoms with Gasteiger partial charge in [0.25, 0.3) is 0 Å². The van der Waals surface area contributed by atoms with E-state index in [0.717, 1.165) is 5.92 Å². The Morgan fingerprint density at radius 2 is 1.60 bits per heavy atom. The van der Waals surface area contributed by atoms with Gasteiger partial charge in [-0.2, -0.15) is 0 Å². The van der Waals surface area contributed by atoms with Crippen molar-refractivity contribution in [2.45, 2.75) is 47.0 Å². The highest BCUT2D eigenvalue weighted by Gasteiger charge is 1.98. The number of hydrogen-bond donors (Lipinski definition) is 0. The lowest BCUT2D eigenvalue weighted by atomic mass is 9.99. The molecule has 0 amide bonds. The molecule has 0 bridgehead atoms. The van der Waals surface area contributed by atoms with E-state index in [0.29, 0.717) is 0 Å². The van der Waals surface area contributed by atoms with Crippen molar-refractivity contribution in [2.75, 3.05) is 0 Å². The Morgan fingerprint density at radius 1 is 1.20 bits per heavy atom. The average Bonchev–Trinajstić information content (AvgIpc) is 1.88. The summed E-state index contributed by atoms with van der Waals surface area (Å²) in [6.45, 7) is 8.25. The Kier molecular flexibility index (Phi) is 10.9. The van der Waals surface area contributed by atoms with Gasteiger partial charge in [0, 0.05) is 0 Å². The summed E-state index contributed by atoms with van der Waals surface area (Å²) < 4.78 is 0. The summed E-state index contributed by atoms with van der Waals surface area (Å²) in [5.41, 5.74) is 0. The first-order valence-electron chi connectivity index (χ1n) is 3.97. The Balaban J connectivity index is 0. The maximum absolute atomic E-state index is 3.80. The van der Waals surface area contributed by atoms with E-state index in [4.69, 9.17) is 0 Å². The highest BCUT2D eigenvalue weighted by Crippen LogP contribution is 2.13. The van der Waals surface area contributed by atoms with Crippen molar-refractivity contribution in [1.82, 2.24) is 0 Å². The first-order chi connectivity index (χ1) is 4.35. The molecule has 0 aliphatic carbocycles. The fourth-order valence-electron chi connectivity index (χ4n) is 1.12. The zero-order valence-corrected chi connectivity index (χ0v) is 6.69. The summed E-state index contributed by atoms with van der Waals surface area (Å²) in [4.78, 5) is 0. The minimum Gasteiger partial charge on any atom is -0.103 e. The van der Waals surface area contributed by atoms with Crippen LogP contribution in [0.3, 0.4) is 0 Å². The number of allylic oxidation sites excluding steroid dienone is 1. The second-order valence-corrected chi connectivity index (χ2v) is 2.57. The summed E-state index contributed by atoms with van der Waals surface area (Å²) in [6, 6.07) is 0. The van der Waals surface area contributed by atoms with Gasteiger partial charge in [0.05, 0.1) is 0 Å². The molecule has 0 aliphatic rings. The van der Waals surface area contributed by atoms with Crippen LogP contribution < -0.4 is 0 Å². The van der Waals surface area contributed by atoms with Gasteiger partial charge in [-0.25, -0.2) is 0 Å². The van der Waals surface area contributed by atoms with E-state index in [1.807, 2.05) is 0 Å². The van der Waals surface area contributed by atoms with Crippen LogP contribution in [-0.4, -0.2) is 0 Å². The fourth-order valence-corrected chi connectivity index (χ4v) is 1.12. The lowest BCUT2D eigenvalue weighted by molar-refractivity contribution is 0.531. The topological polar surface area (TPSA) is 0 Å². The molecule has 0 saturated heterocycles. The van der Waals surface area contributed by atoms with Crippen LogP contribution in [0.4, 0.5) is 0 Å². The van der Waals surface area contributed by atoms with Crippen LogP contribution in [0.15, 0.2) is 12.7 Å². The van der Waals surface area contributed by atoms with E-state index in [9.17, 15) is 0 Å². The SMILES string of the molecule is C.C=CC(CCC)CCC. The lowest BCUT2D eigenvalue weighted by Gasteiger charge is -2.07. The molecule has 10 heavy (non-hydrogen) atoms. The maximum atomic E-state index is 3.80. The van der Waals surface area contributed by atoms with Crippen molar-refractivity contribution >= 4 is 0 Å². The van der Waals surface area contributed by atoms with Crippen molar-refractivity contribution in [3.05, 3.63) is 12.7 Å². The molecule has 62 valence electrons. The van der Waals surface area contributed by atoms with Gasteiger partial charge in [0.1, 0.15) is 0 Å². The van der Waals surface area contributed by atoms with Crippen LogP contribution >= 0.6 is 0 Å².